The molecule has 1 N–H and O–H groups in total. The van der Waals surface area contributed by atoms with Gasteiger partial charge in [0, 0.05) is 12.3 Å². The standard InChI is InChI=1S/C15H18N2O2S/c18-13(10-17-8-9-20-15(17)19)16-14(12-6-7-12)11-4-2-1-3-5-11/h1-5,12,14H,6-10H2,(H,16,18)/t14-/m1/s1. The molecular weight excluding hydrogens is 272 g/mol. The molecule has 1 aliphatic carbocycles. The molecule has 1 aromatic carbocycles. The Labute approximate surface area is 122 Å². The predicted molar refractivity (Wildman–Crippen MR) is 79.5 cm³/mol. The van der Waals surface area contributed by atoms with Crippen molar-refractivity contribution in [3.63, 3.8) is 0 Å². The Morgan fingerprint density at radius 1 is 1.35 bits per heavy atom. The molecule has 4 nitrogen and oxygen atoms in total. The number of nitrogens with one attached hydrogen (secondary N) is 1. The molecule has 1 saturated carbocycles. The van der Waals surface area contributed by atoms with E-state index in [1.807, 2.05) is 18.2 Å². The van der Waals surface area contributed by atoms with E-state index >= 15 is 0 Å². The summed E-state index contributed by atoms with van der Waals surface area (Å²) in [5.74, 6) is 1.28. The number of carbonyl (C=O) groups is 2. The SMILES string of the molecule is O=C(CN1CCSC1=O)N[C@H](c1ccccc1)C1CC1. The summed E-state index contributed by atoms with van der Waals surface area (Å²) in [6.07, 6.45) is 2.33. The molecule has 3 rings (SSSR count). The van der Waals surface area contributed by atoms with Crippen molar-refractivity contribution in [2.75, 3.05) is 18.8 Å². The first-order valence-corrected chi connectivity index (χ1v) is 7.98. The maximum Gasteiger partial charge on any atom is 0.282 e. The van der Waals surface area contributed by atoms with Gasteiger partial charge in [0.05, 0.1) is 6.04 Å². The van der Waals surface area contributed by atoms with Crippen LogP contribution in [0, 0.1) is 5.92 Å². The highest BCUT2D eigenvalue weighted by Crippen LogP contribution is 2.40. The molecule has 0 radical (unpaired) electrons. The second-order valence-corrected chi connectivity index (χ2v) is 6.38. The molecule has 106 valence electrons. The highest BCUT2D eigenvalue weighted by Gasteiger charge is 2.34. The molecule has 2 fully saturated rings. The van der Waals surface area contributed by atoms with Gasteiger partial charge in [-0.1, -0.05) is 42.1 Å². The van der Waals surface area contributed by atoms with Gasteiger partial charge in [-0.15, -0.1) is 0 Å². The number of rotatable bonds is 5. The molecule has 1 aliphatic heterocycles. The van der Waals surface area contributed by atoms with Crippen LogP contribution < -0.4 is 5.32 Å². The fourth-order valence-corrected chi connectivity index (χ4v) is 3.35. The van der Waals surface area contributed by atoms with Crippen molar-refractivity contribution in [2.24, 2.45) is 5.92 Å². The van der Waals surface area contributed by atoms with Gasteiger partial charge in [0.1, 0.15) is 6.54 Å². The molecule has 2 amide bonds. The minimum Gasteiger partial charge on any atom is -0.347 e. The van der Waals surface area contributed by atoms with Gasteiger partial charge in [-0.2, -0.15) is 0 Å². The van der Waals surface area contributed by atoms with E-state index in [9.17, 15) is 9.59 Å². The van der Waals surface area contributed by atoms with Crippen LogP contribution in [-0.4, -0.2) is 34.9 Å². The first kappa shape index (κ1) is 13.5. The molecule has 0 spiro atoms. The molecular formula is C15H18N2O2S. The topological polar surface area (TPSA) is 49.4 Å². The quantitative estimate of drug-likeness (QED) is 0.906. The lowest BCUT2D eigenvalue weighted by Crippen LogP contribution is -2.39. The number of hydrogen-bond donors (Lipinski definition) is 1. The van der Waals surface area contributed by atoms with Gasteiger partial charge < -0.3 is 10.2 Å². The van der Waals surface area contributed by atoms with E-state index in [1.165, 1.54) is 24.6 Å². The molecule has 1 aromatic rings. The maximum absolute atomic E-state index is 12.1. The van der Waals surface area contributed by atoms with Crippen LogP contribution in [0.4, 0.5) is 4.79 Å². The summed E-state index contributed by atoms with van der Waals surface area (Å²) in [6.45, 7) is 0.859. The number of carbonyl (C=O) groups excluding carboxylic acids is 2. The van der Waals surface area contributed by atoms with Crippen molar-refractivity contribution in [2.45, 2.75) is 18.9 Å². The number of thioether (sulfide) groups is 1. The molecule has 5 heteroatoms. The number of amides is 2. The Bertz CT molecular complexity index is 502. The van der Waals surface area contributed by atoms with Crippen molar-refractivity contribution in [1.82, 2.24) is 10.2 Å². The van der Waals surface area contributed by atoms with Gasteiger partial charge in [-0.05, 0) is 24.3 Å². The fourth-order valence-electron chi connectivity index (χ4n) is 2.53. The zero-order chi connectivity index (χ0) is 13.9. The van der Waals surface area contributed by atoms with E-state index in [4.69, 9.17) is 0 Å². The lowest BCUT2D eigenvalue weighted by Gasteiger charge is -2.21. The lowest BCUT2D eigenvalue weighted by atomic mass is 10.0. The molecule has 1 saturated heterocycles. The summed E-state index contributed by atoms with van der Waals surface area (Å²) in [4.78, 5) is 25.3. The summed E-state index contributed by atoms with van der Waals surface area (Å²) in [5, 5.41) is 3.12. The molecule has 1 heterocycles. The average molecular weight is 290 g/mol. The largest absolute Gasteiger partial charge is 0.347 e. The van der Waals surface area contributed by atoms with Gasteiger partial charge in [-0.25, -0.2) is 0 Å². The smallest absolute Gasteiger partial charge is 0.282 e. The zero-order valence-corrected chi connectivity index (χ0v) is 12.1. The molecule has 0 aromatic heterocycles. The Morgan fingerprint density at radius 3 is 2.70 bits per heavy atom. The van der Waals surface area contributed by atoms with E-state index < -0.39 is 0 Å². The van der Waals surface area contributed by atoms with Crippen LogP contribution in [0.5, 0.6) is 0 Å². The third-order valence-corrected chi connectivity index (χ3v) is 4.64. The van der Waals surface area contributed by atoms with E-state index in [0.717, 1.165) is 11.3 Å². The Kier molecular flexibility index (Phi) is 3.96. The minimum absolute atomic E-state index is 0.0165. The number of hydrogen-bond acceptors (Lipinski definition) is 3. The summed E-state index contributed by atoms with van der Waals surface area (Å²) < 4.78 is 0. The van der Waals surface area contributed by atoms with Crippen LogP contribution in [0.25, 0.3) is 0 Å². The Morgan fingerprint density at radius 2 is 2.10 bits per heavy atom. The zero-order valence-electron chi connectivity index (χ0n) is 11.2. The monoisotopic (exact) mass is 290 g/mol. The van der Waals surface area contributed by atoms with Gasteiger partial charge in [0.15, 0.2) is 0 Å². The first-order valence-electron chi connectivity index (χ1n) is 7.00. The highest BCUT2D eigenvalue weighted by atomic mass is 32.2. The van der Waals surface area contributed by atoms with Crippen molar-refractivity contribution >= 4 is 22.9 Å². The average Bonchev–Trinajstić information content (AvgIpc) is 3.22. The second-order valence-electron chi connectivity index (χ2n) is 5.33. The van der Waals surface area contributed by atoms with Crippen molar-refractivity contribution in [3.8, 4) is 0 Å². The van der Waals surface area contributed by atoms with E-state index in [-0.39, 0.29) is 23.7 Å². The van der Waals surface area contributed by atoms with Crippen molar-refractivity contribution < 1.29 is 9.59 Å². The van der Waals surface area contributed by atoms with E-state index in [1.54, 1.807) is 4.90 Å². The van der Waals surface area contributed by atoms with Gasteiger partial charge in [0.2, 0.25) is 5.91 Å². The molecule has 0 bridgehead atoms. The number of benzene rings is 1. The summed E-state index contributed by atoms with van der Waals surface area (Å²) >= 11 is 1.29. The van der Waals surface area contributed by atoms with Gasteiger partial charge >= 0.3 is 0 Å². The molecule has 0 unspecified atom stereocenters. The molecule has 20 heavy (non-hydrogen) atoms. The number of nitrogens with zero attached hydrogens (tertiary/aromatic N) is 1. The lowest BCUT2D eigenvalue weighted by molar-refractivity contribution is -0.122. The highest BCUT2D eigenvalue weighted by molar-refractivity contribution is 8.13. The Balaban J connectivity index is 1.62. The summed E-state index contributed by atoms with van der Waals surface area (Å²) in [7, 11) is 0. The third-order valence-electron chi connectivity index (χ3n) is 3.75. The maximum atomic E-state index is 12.1. The van der Waals surface area contributed by atoms with Crippen LogP contribution >= 0.6 is 11.8 Å². The van der Waals surface area contributed by atoms with Crippen LogP contribution in [0.1, 0.15) is 24.4 Å². The van der Waals surface area contributed by atoms with Gasteiger partial charge in [0.25, 0.3) is 5.24 Å². The Hall–Kier alpha value is -1.49. The fraction of sp³-hybridized carbons (Fsp3) is 0.467. The van der Waals surface area contributed by atoms with E-state index in [2.05, 4.69) is 17.4 Å². The van der Waals surface area contributed by atoms with Crippen molar-refractivity contribution in [3.05, 3.63) is 35.9 Å². The normalized spacial score (nSPS) is 20.0. The third kappa shape index (κ3) is 3.15. The minimum atomic E-state index is -0.0541. The molecule has 1 atom stereocenters. The van der Waals surface area contributed by atoms with Crippen LogP contribution in [0.15, 0.2) is 30.3 Å². The summed E-state index contributed by atoms with van der Waals surface area (Å²) in [6, 6.07) is 10.2. The van der Waals surface area contributed by atoms with Crippen LogP contribution in [0.3, 0.4) is 0 Å². The predicted octanol–water partition coefficient (Wildman–Crippen LogP) is 2.42. The molecule has 2 aliphatic rings. The van der Waals surface area contributed by atoms with E-state index in [0.29, 0.717) is 12.5 Å². The van der Waals surface area contributed by atoms with Crippen molar-refractivity contribution in [1.29, 1.82) is 0 Å². The summed E-state index contributed by atoms with van der Waals surface area (Å²) in [5.41, 5.74) is 1.16. The second kappa shape index (κ2) is 5.87. The first-order chi connectivity index (χ1) is 9.74. The van der Waals surface area contributed by atoms with Crippen LogP contribution in [-0.2, 0) is 4.79 Å². The van der Waals surface area contributed by atoms with Crippen LogP contribution in [0.2, 0.25) is 0 Å². The van der Waals surface area contributed by atoms with Gasteiger partial charge in [-0.3, -0.25) is 9.59 Å².